The molecule has 0 aromatic heterocycles. The van der Waals surface area contributed by atoms with Gasteiger partial charge in [-0.15, -0.1) is 11.8 Å². The van der Waals surface area contributed by atoms with Gasteiger partial charge in [-0.05, 0) is 47.4 Å². The highest BCUT2D eigenvalue weighted by Gasteiger charge is 2.35. The maximum absolute atomic E-state index is 13.2. The van der Waals surface area contributed by atoms with E-state index in [9.17, 15) is 8.42 Å². The molecule has 1 aliphatic heterocycles. The zero-order valence-electron chi connectivity index (χ0n) is 16.4. The van der Waals surface area contributed by atoms with Gasteiger partial charge < -0.3 is 0 Å². The number of hydrogen-bond acceptors (Lipinski definition) is 4. The Balaban J connectivity index is 1.55. The van der Waals surface area contributed by atoms with Crippen LogP contribution in [-0.4, -0.2) is 31.6 Å². The monoisotopic (exact) mass is 453 g/mol. The lowest BCUT2D eigenvalue weighted by atomic mass is 10.1. The van der Waals surface area contributed by atoms with Crippen molar-refractivity contribution in [2.24, 2.45) is 5.92 Å². The minimum absolute atomic E-state index is 0.185. The standard InChI is InChI=1S/C24H23NO2S3/c26-30(27,24-14-8-3-9-15-24)25-16-20(18-28-22-10-4-1-5-11-22)21(17-25)19-29-23-12-6-2-7-13-23/h1-15,18,21H,16-17,19H2/b20-18+. The van der Waals surface area contributed by atoms with Crippen LogP contribution < -0.4 is 0 Å². The summed E-state index contributed by atoms with van der Waals surface area (Å²) in [6.07, 6.45) is 0. The largest absolute Gasteiger partial charge is 0.243 e. The van der Waals surface area contributed by atoms with Gasteiger partial charge in [-0.1, -0.05) is 66.4 Å². The third-order valence-corrected chi connectivity index (χ3v) is 8.94. The molecule has 3 nitrogen and oxygen atoms in total. The lowest BCUT2D eigenvalue weighted by Gasteiger charge is -2.16. The third kappa shape index (κ3) is 5.19. The summed E-state index contributed by atoms with van der Waals surface area (Å²) in [6.45, 7) is 0.954. The van der Waals surface area contributed by atoms with E-state index in [0.717, 1.165) is 10.6 Å². The molecule has 154 valence electrons. The molecule has 4 rings (SSSR count). The Kier molecular flexibility index (Phi) is 7.00. The van der Waals surface area contributed by atoms with E-state index < -0.39 is 10.0 Å². The SMILES string of the molecule is O=S(=O)(c1ccccc1)N1C/C(=C\Sc2ccccc2)C(CSc2ccccc2)C1. The smallest absolute Gasteiger partial charge is 0.207 e. The van der Waals surface area contributed by atoms with Gasteiger partial charge in [-0.2, -0.15) is 4.31 Å². The van der Waals surface area contributed by atoms with Crippen LogP contribution in [0.3, 0.4) is 0 Å². The molecule has 0 saturated carbocycles. The van der Waals surface area contributed by atoms with Gasteiger partial charge in [0.05, 0.1) is 4.90 Å². The van der Waals surface area contributed by atoms with Crippen LogP contribution in [0.5, 0.6) is 0 Å². The lowest BCUT2D eigenvalue weighted by Crippen LogP contribution is -2.29. The molecular formula is C24H23NO2S3. The number of benzene rings is 3. The first-order valence-corrected chi connectivity index (χ1v) is 13.1. The minimum Gasteiger partial charge on any atom is -0.207 e. The zero-order valence-corrected chi connectivity index (χ0v) is 18.9. The molecule has 30 heavy (non-hydrogen) atoms. The van der Waals surface area contributed by atoms with Crippen molar-refractivity contribution in [3.8, 4) is 0 Å². The molecule has 0 spiro atoms. The summed E-state index contributed by atoms with van der Waals surface area (Å²) in [5.41, 5.74) is 1.17. The van der Waals surface area contributed by atoms with Gasteiger partial charge >= 0.3 is 0 Å². The van der Waals surface area contributed by atoms with Crippen molar-refractivity contribution >= 4 is 33.5 Å². The highest BCUT2D eigenvalue weighted by atomic mass is 32.2. The summed E-state index contributed by atoms with van der Waals surface area (Å²) in [5.74, 6) is 1.04. The van der Waals surface area contributed by atoms with Crippen LogP contribution in [0.2, 0.25) is 0 Å². The quantitative estimate of drug-likeness (QED) is 0.425. The molecule has 1 atom stereocenters. The molecule has 1 fully saturated rings. The summed E-state index contributed by atoms with van der Waals surface area (Å²) >= 11 is 3.44. The predicted molar refractivity (Wildman–Crippen MR) is 126 cm³/mol. The molecule has 3 aromatic carbocycles. The van der Waals surface area contributed by atoms with Gasteiger partial charge in [0.25, 0.3) is 0 Å². The van der Waals surface area contributed by atoms with Crippen molar-refractivity contribution in [2.75, 3.05) is 18.8 Å². The van der Waals surface area contributed by atoms with Crippen LogP contribution >= 0.6 is 23.5 Å². The summed E-state index contributed by atoms with van der Waals surface area (Å²) < 4.78 is 27.9. The van der Waals surface area contributed by atoms with Gasteiger partial charge in [0.2, 0.25) is 10.0 Å². The van der Waals surface area contributed by atoms with Crippen LogP contribution in [0.1, 0.15) is 0 Å². The fourth-order valence-electron chi connectivity index (χ4n) is 3.33. The van der Waals surface area contributed by atoms with Gasteiger partial charge in [-0.3, -0.25) is 0 Å². The van der Waals surface area contributed by atoms with Crippen molar-refractivity contribution in [3.05, 3.63) is 102 Å². The van der Waals surface area contributed by atoms with E-state index >= 15 is 0 Å². The van der Waals surface area contributed by atoms with Crippen LogP contribution in [-0.2, 0) is 10.0 Å². The van der Waals surface area contributed by atoms with E-state index in [0.29, 0.717) is 18.0 Å². The van der Waals surface area contributed by atoms with Crippen molar-refractivity contribution in [1.82, 2.24) is 4.31 Å². The molecule has 0 radical (unpaired) electrons. The molecule has 0 N–H and O–H groups in total. The van der Waals surface area contributed by atoms with Crippen LogP contribution in [0, 0.1) is 5.92 Å². The molecule has 0 amide bonds. The molecule has 1 unspecified atom stereocenters. The van der Waals surface area contributed by atoms with E-state index in [1.165, 1.54) is 10.5 Å². The number of hydrogen-bond donors (Lipinski definition) is 0. The Morgan fingerprint density at radius 2 is 1.40 bits per heavy atom. The number of nitrogens with zero attached hydrogens (tertiary/aromatic N) is 1. The molecular weight excluding hydrogens is 430 g/mol. The Hall–Kier alpha value is -1.99. The van der Waals surface area contributed by atoms with Gasteiger partial charge in [0.1, 0.15) is 0 Å². The fraction of sp³-hybridized carbons (Fsp3) is 0.167. The van der Waals surface area contributed by atoms with Crippen molar-refractivity contribution in [1.29, 1.82) is 0 Å². The zero-order chi connectivity index (χ0) is 20.8. The van der Waals surface area contributed by atoms with Crippen molar-refractivity contribution < 1.29 is 8.42 Å². The van der Waals surface area contributed by atoms with E-state index in [1.807, 2.05) is 42.5 Å². The summed E-state index contributed by atoms with van der Waals surface area (Å²) in [6, 6.07) is 29.2. The van der Waals surface area contributed by atoms with E-state index in [1.54, 1.807) is 52.1 Å². The minimum atomic E-state index is -3.50. The predicted octanol–water partition coefficient (Wildman–Crippen LogP) is 5.78. The van der Waals surface area contributed by atoms with E-state index in [2.05, 4.69) is 29.7 Å². The molecule has 0 aliphatic carbocycles. The fourth-order valence-corrected chi connectivity index (χ4v) is 6.76. The Bertz CT molecular complexity index is 1090. The molecule has 6 heteroatoms. The summed E-state index contributed by atoms with van der Waals surface area (Å²) in [4.78, 5) is 2.72. The molecule has 1 saturated heterocycles. The van der Waals surface area contributed by atoms with Gasteiger partial charge in [-0.25, -0.2) is 8.42 Å². The second-order valence-electron chi connectivity index (χ2n) is 7.06. The maximum atomic E-state index is 13.2. The molecule has 3 aromatic rings. The topological polar surface area (TPSA) is 37.4 Å². The van der Waals surface area contributed by atoms with Gasteiger partial charge in [0, 0.05) is 34.6 Å². The number of thioether (sulfide) groups is 2. The van der Waals surface area contributed by atoms with Crippen LogP contribution in [0.4, 0.5) is 0 Å². The molecule has 1 aliphatic rings. The first-order valence-electron chi connectivity index (χ1n) is 9.76. The Morgan fingerprint density at radius 1 is 0.833 bits per heavy atom. The second kappa shape index (κ2) is 9.88. The highest BCUT2D eigenvalue weighted by molar-refractivity contribution is 8.02. The average molecular weight is 454 g/mol. The second-order valence-corrected chi connectivity index (χ2v) is 11.0. The summed E-state index contributed by atoms with van der Waals surface area (Å²) in [5, 5.41) is 2.14. The normalized spacial score (nSPS) is 18.7. The first kappa shape index (κ1) is 21.2. The Labute approximate surface area is 187 Å². The first-order chi connectivity index (χ1) is 14.6. The Morgan fingerprint density at radius 3 is 2.03 bits per heavy atom. The van der Waals surface area contributed by atoms with E-state index in [4.69, 9.17) is 0 Å². The number of rotatable bonds is 7. The average Bonchev–Trinajstić information content (AvgIpc) is 3.22. The van der Waals surface area contributed by atoms with Gasteiger partial charge in [0.15, 0.2) is 0 Å². The van der Waals surface area contributed by atoms with Crippen LogP contribution in [0.25, 0.3) is 0 Å². The van der Waals surface area contributed by atoms with E-state index in [-0.39, 0.29) is 5.92 Å². The van der Waals surface area contributed by atoms with Crippen molar-refractivity contribution in [3.63, 3.8) is 0 Å². The summed E-state index contributed by atoms with van der Waals surface area (Å²) in [7, 11) is -3.50. The third-order valence-electron chi connectivity index (χ3n) is 4.97. The lowest BCUT2D eigenvalue weighted by molar-refractivity contribution is 0.466. The van der Waals surface area contributed by atoms with Crippen molar-refractivity contribution in [2.45, 2.75) is 14.7 Å². The highest BCUT2D eigenvalue weighted by Crippen LogP contribution is 2.35. The molecule has 1 heterocycles. The molecule has 0 bridgehead atoms. The van der Waals surface area contributed by atoms with Crippen LogP contribution in [0.15, 0.2) is 117 Å². The maximum Gasteiger partial charge on any atom is 0.243 e. The number of sulfonamides is 1.